The van der Waals surface area contributed by atoms with Crippen LogP contribution in [0.15, 0.2) is 40.3 Å². The second-order valence-electron chi connectivity index (χ2n) is 2.92. The largest absolute Gasteiger partial charge is 0.393 e. The Balaban J connectivity index is 2.70. The van der Waals surface area contributed by atoms with Crippen LogP contribution in [0.1, 0.15) is 0 Å². The standard InChI is InChI=1S/C9H8N4O2/c10-7-5-13(9(15)12-8(7)14)6-2-1-3-11-4-6/h1-5H,10H2,(H,12,14,15). The van der Waals surface area contributed by atoms with Gasteiger partial charge < -0.3 is 5.73 Å². The fourth-order valence-corrected chi connectivity index (χ4v) is 1.17. The molecule has 0 saturated carbocycles. The van der Waals surface area contributed by atoms with E-state index < -0.39 is 11.2 Å². The Bertz CT molecular complexity index is 585. The van der Waals surface area contributed by atoms with Crippen molar-refractivity contribution in [2.45, 2.75) is 0 Å². The first kappa shape index (κ1) is 9.20. The number of nitrogens with zero attached hydrogens (tertiary/aromatic N) is 2. The molecule has 0 radical (unpaired) electrons. The van der Waals surface area contributed by atoms with Crippen LogP contribution in [-0.4, -0.2) is 14.5 Å². The topological polar surface area (TPSA) is 93.8 Å². The first-order chi connectivity index (χ1) is 7.18. The van der Waals surface area contributed by atoms with Gasteiger partial charge in [-0.15, -0.1) is 0 Å². The van der Waals surface area contributed by atoms with E-state index in [1.54, 1.807) is 18.3 Å². The van der Waals surface area contributed by atoms with Crippen LogP contribution in [0.4, 0.5) is 5.69 Å². The van der Waals surface area contributed by atoms with Gasteiger partial charge in [0.2, 0.25) is 0 Å². The maximum absolute atomic E-state index is 11.4. The molecule has 0 aliphatic carbocycles. The summed E-state index contributed by atoms with van der Waals surface area (Å²) in [7, 11) is 0. The number of H-pyrrole nitrogens is 1. The molecular weight excluding hydrogens is 196 g/mol. The van der Waals surface area contributed by atoms with Gasteiger partial charge in [0.15, 0.2) is 0 Å². The molecule has 6 heteroatoms. The fraction of sp³-hybridized carbons (Fsp3) is 0. The van der Waals surface area contributed by atoms with E-state index in [4.69, 9.17) is 5.73 Å². The van der Waals surface area contributed by atoms with Crippen molar-refractivity contribution in [1.29, 1.82) is 0 Å². The van der Waals surface area contributed by atoms with E-state index in [-0.39, 0.29) is 5.69 Å². The predicted octanol–water partition coefficient (Wildman–Crippen LogP) is -0.497. The summed E-state index contributed by atoms with van der Waals surface area (Å²) < 4.78 is 1.23. The Kier molecular flexibility index (Phi) is 2.09. The average Bonchev–Trinajstić information content (AvgIpc) is 2.25. The lowest BCUT2D eigenvalue weighted by atomic mass is 10.4. The predicted molar refractivity (Wildman–Crippen MR) is 54.9 cm³/mol. The number of aromatic nitrogens is 3. The molecule has 0 atom stereocenters. The van der Waals surface area contributed by atoms with Crippen molar-refractivity contribution in [2.24, 2.45) is 0 Å². The van der Waals surface area contributed by atoms with Crippen molar-refractivity contribution in [2.75, 3.05) is 5.73 Å². The molecular formula is C9H8N4O2. The van der Waals surface area contributed by atoms with Crippen molar-refractivity contribution in [3.8, 4) is 5.69 Å². The Morgan fingerprint density at radius 3 is 2.87 bits per heavy atom. The minimum Gasteiger partial charge on any atom is -0.393 e. The maximum Gasteiger partial charge on any atom is 0.333 e. The van der Waals surface area contributed by atoms with Crippen molar-refractivity contribution in [1.82, 2.24) is 14.5 Å². The molecule has 3 N–H and O–H groups in total. The third-order valence-corrected chi connectivity index (χ3v) is 1.89. The Hall–Kier alpha value is -2.37. The van der Waals surface area contributed by atoms with Gasteiger partial charge >= 0.3 is 5.69 Å². The minimum atomic E-state index is -0.583. The molecule has 0 amide bonds. The number of nitrogens with two attached hydrogens (primary N) is 1. The lowest BCUT2D eigenvalue weighted by molar-refractivity contribution is 0.895. The molecule has 0 saturated heterocycles. The normalized spacial score (nSPS) is 10.1. The van der Waals surface area contributed by atoms with Gasteiger partial charge in [0, 0.05) is 12.4 Å². The quantitative estimate of drug-likeness (QED) is 0.655. The lowest BCUT2D eigenvalue weighted by Gasteiger charge is -2.03. The second-order valence-corrected chi connectivity index (χ2v) is 2.92. The monoisotopic (exact) mass is 204 g/mol. The molecule has 6 nitrogen and oxygen atoms in total. The van der Waals surface area contributed by atoms with Gasteiger partial charge in [-0.3, -0.25) is 19.3 Å². The Morgan fingerprint density at radius 2 is 2.20 bits per heavy atom. The molecule has 0 bridgehead atoms. The molecule has 2 heterocycles. The second kappa shape index (κ2) is 3.41. The van der Waals surface area contributed by atoms with Crippen molar-refractivity contribution >= 4 is 5.69 Å². The maximum atomic E-state index is 11.4. The van der Waals surface area contributed by atoms with Gasteiger partial charge in [0.1, 0.15) is 5.69 Å². The van der Waals surface area contributed by atoms with Crippen LogP contribution in [0.3, 0.4) is 0 Å². The summed E-state index contributed by atoms with van der Waals surface area (Å²) in [6.45, 7) is 0. The number of nitrogen functional groups attached to an aromatic ring is 1. The molecule has 0 spiro atoms. The highest BCUT2D eigenvalue weighted by Gasteiger charge is 2.02. The van der Waals surface area contributed by atoms with Gasteiger partial charge in [-0.25, -0.2) is 4.79 Å². The van der Waals surface area contributed by atoms with E-state index in [0.717, 1.165) is 0 Å². The van der Waals surface area contributed by atoms with Crippen LogP contribution in [0.25, 0.3) is 5.69 Å². The van der Waals surface area contributed by atoms with Crippen molar-refractivity contribution < 1.29 is 0 Å². The van der Waals surface area contributed by atoms with Crippen LogP contribution in [-0.2, 0) is 0 Å². The minimum absolute atomic E-state index is 0.0153. The first-order valence-electron chi connectivity index (χ1n) is 4.20. The van der Waals surface area contributed by atoms with Gasteiger partial charge in [-0.1, -0.05) is 0 Å². The molecule has 2 aromatic rings. The molecule has 0 unspecified atom stereocenters. The van der Waals surface area contributed by atoms with Crippen LogP contribution in [0.5, 0.6) is 0 Å². The summed E-state index contributed by atoms with van der Waals surface area (Å²) in [5, 5.41) is 0. The SMILES string of the molecule is Nc1cn(-c2cccnc2)c(=O)[nH]c1=O. The highest BCUT2D eigenvalue weighted by molar-refractivity contribution is 5.36. The molecule has 0 aliphatic rings. The number of aromatic amines is 1. The summed E-state index contributed by atoms with van der Waals surface area (Å²) in [5.41, 5.74) is 4.81. The molecule has 0 fully saturated rings. The third kappa shape index (κ3) is 1.64. The van der Waals surface area contributed by atoms with E-state index in [9.17, 15) is 9.59 Å². The zero-order valence-electron chi connectivity index (χ0n) is 7.68. The summed E-state index contributed by atoms with van der Waals surface area (Å²) in [5.74, 6) is 0. The summed E-state index contributed by atoms with van der Waals surface area (Å²) in [4.78, 5) is 28.4. The van der Waals surface area contributed by atoms with E-state index in [0.29, 0.717) is 5.69 Å². The molecule has 2 aromatic heterocycles. The zero-order chi connectivity index (χ0) is 10.8. The van der Waals surface area contributed by atoms with Crippen LogP contribution < -0.4 is 17.0 Å². The number of hydrogen-bond donors (Lipinski definition) is 2. The fourth-order valence-electron chi connectivity index (χ4n) is 1.17. The molecule has 2 rings (SSSR count). The van der Waals surface area contributed by atoms with Gasteiger partial charge in [0.05, 0.1) is 11.9 Å². The zero-order valence-corrected chi connectivity index (χ0v) is 7.68. The number of pyridine rings is 1. The number of anilines is 1. The highest BCUT2D eigenvalue weighted by Crippen LogP contribution is 2.01. The van der Waals surface area contributed by atoms with Gasteiger partial charge in [-0.2, -0.15) is 0 Å². The molecule has 76 valence electrons. The molecule has 0 aliphatic heterocycles. The van der Waals surface area contributed by atoms with Crippen LogP contribution in [0.2, 0.25) is 0 Å². The van der Waals surface area contributed by atoms with Crippen LogP contribution in [0, 0.1) is 0 Å². The number of hydrogen-bond acceptors (Lipinski definition) is 4. The van der Waals surface area contributed by atoms with Gasteiger partial charge in [-0.05, 0) is 12.1 Å². The summed E-state index contributed by atoms with van der Waals surface area (Å²) in [6.07, 6.45) is 4.36. The highest BCUT2D eigenvalue weighted by atomic mass is 16.2. The first-order valence-corrected chi connectivity index (χ1v) is 4.20. The lowest BCUT2D eigenvalue weighted by Crippen LogP contribution is -2.30. The van der Waals surface area contributed by atoms with E-state index in [1.165, 1.54) is 17.0 Å². The smallest absolute Gasteiger partial charge is 0.333 e. The number of nitrogens with one attached hydrogen (secondary N) is 1. The Morgan fingerprint density at radius 1 is 1.40 bits per heavy atom. The van der Waals surface area contributed by atoms with E-state index >= 15 is 0 Å². The Labute approximate surface area is 84.0 Å². The summed E-state index contributed by atoms with van der Waals surface area (Å²) in [6, 6.07) is 3.37. The van der Waals surface area contributed by atoms with Crippen molar-refractivity contribution in [3.63, 3.8) is 0 Å². The number of rotatable bonds is 1. The summed E-state index contributed by atoms with van der Waals surface area (Å²) >= 11 is 0. The van der Waals surface area contributed by atoms with E-state index in [2.05, 4.69) is 9.97 Å². The molecule has 15 heavy (non-hydrogen) atoms. The van der Waals surface area contributed by atoms with Gasteiger partial charge in [0.25, 0.3) is 5.56 Å². The van der Waals surface area contributed by atoms with Crippen molar-refractivity contribution in [3.05, 3.63) is 51.6 Å². The van der Waals surface area contributed by atoms with Crippen LogP contribution >= 0.6 is 0 Å². The van der Waals surface area contributed by atoms with E-state index in [1.807, 2.05) is 0 Å². The third-order valence-electron chi connectivity index (χ3n) is 1.89. The molecule has 0 aromatic carbocycles. The average molecular weight is 204 g/mol.